The van der Waals surface area contributed by atoms with E-state index in [9.17, 15) is 0 Å². The van der Waals surface area contributed by atoms with Gasteiger partial charge in [-0.1, -0.05) is 5.16 Å². The number of rotatable bonds is 4. The molecule has 3 rings (SSSR count). The lowest BCUT2D eigenvalue weighted by molar-refractivity contribution is 0.377. The number of hydrogen-bond donors (Lipinski definition) is 2. The highest BCUT2D eigenvalue weighted by Gasteiger charge is 2.05. The molecule has 6 heteroatoms. The lowest BCUT2D eigenvalue weighted by Crippen LogP contribution is -2.06. The van der Waals surface area contributed by atoms with Crippen LogP contribution in [-0.2, 0) is 6.42 Å². The second-order valence-corrected chi connectivity index (χ2v) is 4.54. The molecule has 20 heavy (non-hydrogen) atoms. The summed E-state index contributed by atoms with van der Waals surface area (Å²) in [6, 6.07) is 5.76. The molecule has 1 aromatic carbocycles. The summed E-state index contributed by atoms with van der Waals surface area (Å²) in [5, 5.41) is 9.12. The Morgan fingerprint density at radius 2 is 2.15 bits per heavy atom. The maximum Gasteiger partial charge on any atom is 0.228 e. The Hall–Kier alpha value is -2.63. The first-order valence-corrected chi connectivity index (χ1v) is 6.39. The summed E-state index contributed by atoms with van der Waals surface area (Å²) in [4.78, 5) is 8.32. The van der Waals surface area contributed by atoms with E-state index >= 15 is 0 Å². The molecule has 0 bridgehead atoms. The molecule has 0 amide bonds. The van der Waals surface area contributed by atoms with Gasteiger partial charge in [0.1, 0.15) is 0 Å². The highest BCUT2D eigenvalue weighted by Crippen LogP contribution is 2.27. The van der Waals surface area contributed by atoms with Crippen LogP contribution in [0.2, 0.25) is 0 Å². The first-order chi connectivity index (χ1) is 9.74. The molecule has 0 aliphatic carbocycles. The van der Waals surface area contributed by atoms with Gasteiger partial charge in [0.05, 0.1) is 0 Å². The summed E-state index contributed by atoms with van der Waals surface area (Å²) in [5.41, 5.74) is 7.71. The van der Waals surface area contributed by atoms with E-state index in [4.69, 9.17) is 10.3 Å². The first-order valence-electron chi connectivity index (χ1n) is 6.39. The van der Waals surface area contributed by atoms with Crippen molar-refractivity contribution in [1.82, 2.24) is 15.1 Å². The molecule has 2 heterocycles. The number of aromatic nitrogens is 3. The van der Waals surface area contributed by atoms with Gasteiger partial charge >= 0.3 is 0 Å². The van der Waals surface area contributed by atoms with E-state index in [-0.39, 0.29) is 0 Å². The van der Waals surface area contributed by atoms with Crippen molar-refractivity contribution in [3.8, 4) is 0 Å². The van der Waals surface area contributed by atoms with Crippen LogP contribution in [0.25, 0.3) is 10.8 Å². The number of nitrogens with two attached hydrogens (primary N) is 1. The number of pyridine rings is 1. The molecule has 0 aliphatic heterocycles. The number of anilines is 2. The van der Waals surface area contributed by atoms with Crippen LogP contribution in [-0.4, -0.2) is 21.7 Å². The Balaban J connectivity index is 1.76. The first kappa shape index (κ1) is 12.4. The lowest BCUT2D eigenvalue weighted by Gasteiger charge is -2.10. The van der Waals surface area contributed by atoms with Crippen LogP contribution < -0.4 is 11.1 Å². The van der Waals surface area contributed by atoms with E-state index in [0.29, 0.717) is 24.7 Å². The molecule has 0 unspecified atom stereocenters. The van der Waals surface area contributed by atoms with Crippen molar-refractivity contribution in [1.29, 1.82) is 0 Å². The molecular formula is C14H15N5O. The Morgan fingerprint density at radius 1 is 1.25 bits per heavy atom. The van der Waals surface area contributed by atoms with Gasteiger partial charge in [-0.2, -0.15) is 4.98 Å². The van der Waals surface area contributed by atoms with E-state index in [1.807, 2.05) is 24.4 Å². The molecule has 0 spiro atoms. The van der Waals surface area contributed by atoms with Crippen LogP contribution in [0.5, 0.6) is 0 Å². The zero-order valence-corrected chi connectivity index (χ0v) is 11.1. The lowest BCUT2D eigenvalue weighted by atomic mass is 10.1. The fourth-order valence-electron chi connectivity index (χ4n) is 2.11. The van der Waals surface area contributed by atoms with Gasteiger partial charge in [0.25, 0.3) is 0 Å². The third-order valence-corrected chi connectivity index (χ3v) is 3.08. The number of nitrogens with one attached hydrogen (secondary N) is 1. The number of hydrogen-bond acceptors (Lipinski definition) is 6. The summed E-state index contributed by atoms with van der Waals surface area (Å²) < 4.78 is 5.08. The van der Waals surface area contributed by atoms with E-state index in [0.717, 1.165) is 22.1 Å². The van der Waals surface area contributed by atoms with Crippen molar-refractivity contribution in [2.45, 2.75) is 13.3 Å². The summed E-state index contributed by atoms with van der Waals surface area (Å²) in [6.45, 7) is 2.51. The van der Waals surface area contributed by atoms with Gasteiger partial charge in [-0.25, -0.2) is 0 Å². The van der Waals surface area contributed by atoms with Crippen molar-refractivity contribution < 1.29 is 4.52 Å². The minimum absolute atomic E-state index is 0.632. The maximum absolute atomic E-state index is 5.96. The predicted octanol–water partition coefficient (Wildman–Crippen LogP) is 2.16. The Kier molecular flexibility index (Phi) is 3.20. The van der Waals surface area contributed by atoms with Crippen LogP contribution in [0.3, 0.4) is 0 Å². The minimum atomic E-state index is 0.632. The summed E-state index contributed by atoms with van der Waals surface area (Å²) in [6.07, 6.45) is 4.22. The summed E-state index contributed by atoms with van der Waals surface area (Å²) >= 11 is 0. The van der Waals surface area contributed by atoms with Gasteiger partial charge in [-0.05, 0) is 25.1 Å². The standard InChI is InChI=1S/C14H15N5O/c1-9-18-14(20-19-9)5-7-17-13-3-2-12(15)10-4-6-16-8-11(10)13/h2-4,6,8,17H,5,7,15H2,1H3. The number of benzene rings is 1. The Labute approximate surface area is 116 Å². The van der Waals surface area contributed by atoms with Crippen LogP contribution in [0.15, 0.2) is 35.1 Å². The number of nitrogen functional groups attached to an aromatic ring is 1. The van der Waals surface area contributed by atoms with Crippen LogP contribution in [0.4, 0.5) is 11.4 Å². The zero-order valence-electron chi connectivity index (χ0n) is 11.1. The third kappa shape index (κ3) is 2.40. The molecule has 0 atom stereocenters. The third-order valence-electron chi connectivity index (χ3n) is 3.08. The normalized spacial score (nSPS) is 10.8. The molecular weight excluding hydrogens is 254 g/mol. The van der Waals surface area contributed by atoms with E-state index in [1.165, 1.54) is 0 Å². The van der Waals surface area contributed by atoms with Gasteiger partial charge in [0, 0.05) is 47.5 Å². The molecule has 3 aromatic rings. The average molecular weight is 269 g/mol. The van der Waals surface area contributed by atoms with Crippen molar-refractivity contribution >= 4 is 22.1 Å². The zero-order chi connectivity index (χ0) is 13.9. The maximum atomic E-state index is 5.96. The second kappa shape index (κ2) is 5.16. The highest BCUT2D eigenvalue weighted by atomic mass is 16.5. The predicted molar refractivity (Wildman–Crippen MR) is 77.4 cm³/mol. The Bertz CT molecular complexity index is 737. The fourth-order valence-corrected chi connectivity index (χ4v) is 2.11. The second-order valence-electron chi connectivity index (χ2n) is 4.54. The van der Waals surface area contributed by atoms with Gasteiger partial charge in [-0.3, -0.25) is 4.98 Å². The molecule has 0 saturated heterocycles. The monoisotopic (exact) mass is 269 g/mol. The van der Waals surface area contributed by atoms with Crippen molar-refractivity contribution in [3.05, 3.63) is 42.3 Å². The molecule has 2 aromatic heterocycles. The molecule has 0 saturated carbocycles. The number of nitrogens with zero attached hydrogens (tertiary/aromatic N) is 3. The van der Waals surface area contributed by atoms with Crippen molar-refractivity contribution in [2.24, 2.45) is 0 Å². The van der Waals surface area contributed by atoms with E-state index in [2.05, 4.69) is 20.4 Å². The summed E-state index contributed by atoms with van der Waals surface area (Å²) in [5.74, 6) is 1.29. The van der Waals surface area contributed by atoms with Gasteiger partial charge in [-0.15, -0.1) is 0 Å². The number of aryl methyl sites for hydroxylation is 1. The highest BCUT2D eigenvalue weighted by molar-refractivity contribution is 6.00. The quantitative estimate of drug-likeness (QED) is 0.705. The topological polar surface area (TPSA) is 89.9 Å². The largest absolute Gasteiger partial charge is 0.398 e. The van der Waals surface area contributed by atoms with Crippen molar-refractivity contribution in [3.63, 3.8) is 0 Å². The van der Waals surface area contributed by atoms with Crippen molar-refractivity contribution in [2.75, 3.05) is 17.6 Å². The average Bonchev–Trinajstić information content (AvgIpc) is 2.87. The molecule has 0 aliphatic rings. The van der Waals surface area contributed by atoms with E-state index in [1.54, 1.807) is 13.1 Å². The molecule has 0 radical (unpaired) electrons. The van der Waals surface area contributed by atoms with Gasteiger partial charge in [0.15, 0.2) is 5.82 Å². The molecule has 102 valence electrons. The smallest absolute Gasteiger partial charge is 0.228 e. The molecule has 6 nitrogen and oxygen atoms in total. The molecule has 3 N–H and O–H groups in total. The van der Waals surface area contributed by atoms with Crippen LogP contribution in [0, 0.1) is 6.92 Å². The minimum Gasteiger partial charge on any atom is -0.398 e. The van der Waals surface area contributed by atoms with E-state index < -0.39 is 0 Å². The van der Waals surface area contributed by atoms with Gasteiger partial charge < -0.3 is 15.6 Å². The SMILES string of the molecule is Cc1noc(CCNc2ccc(N)c3ccncc23)n1. The number of fused-ring (bicyclic) bond motifs is 1. The fraction of sp³-hybridized carbons (Fsp3) is 0.214. The summed E-state index contributed by atoms with van der Waals surface area (Å²) in [7, 11) is 0. The molecule has 0 fully saturated rings. The Morgan fingerprint density at radius 3 is 2.95 bits per heavy atom. The van der Waals surface area contributed by atoms with Gasteiger partial charge in [0.2, 0.25) is 5.89 Å². The van der Waals surface area contributed by atoms with Crippen LogP contribution >= 0.6 is 0 Å². The van der Waals surface area contributed by atoms with Crippen LogP contribution in [0.1, 0.15) is 11.7 Å².